The summed E-state index contributed by atoms with van der Waals surface area (Å²) in [6, 6.07) is 0. The van der Waals surface area contributed by atoms with E-state index in [1.807, 2.05) is 0 Å². The minimum Gasteiger partial charge on any atom is -0.466 e. The topological polar surface area (TPSA) is 102 Å². The molecular weight excluding hydrogens is 412 g/mol. The van der Waals surface area contributed by atoms with E-state index in [-0.39, 0.29) is 35.7 Å². The predicted molar refractivity (Wildman–Crippen MR) is 115 cm³/mol. The minimum absolute atomic E-state index is 0.0198. The molecule has 2 amide bonds. The van der Waals surface area contributed by atoms with E-state index in [0.29, 0.717) is 50.3 Å². The summed E-state index contributed by atoms with van der Waals surface area (Å²) >= 11 is 0. The lowest BCUT2D eigenvalue weighted by Crippen LogP contribution is -2.54. The zero-order valence-electron chi connectivity index (χ0n) is 19.3. The first kappa shape index (κ1) is 23.1. The molecule has 0 aromatic carbocycles. The number of hydrogen-bond acceptors (Lipinski definition) is 6. The zero-order chi connectivity index (χ0) is 22.9. The molecule has 178 valence electrons. The highest BCUT2D eigenvalue weighted by Gasteiger charge is 2.54. The van der Waals surface area contributed by atoms with Gasteiger partial charge in [0.1, 0.15) is 6.54 Å². The summed E-state index contributed by atoms with van der Waals surface area (Å²) in [4.78, 5) is 51.4. The van der Waals surface area contributed by atoms with Gasteiger partial charge >= 0.3 is 11.9 Å². The van der Waals surface area contributed by atoms with Crippen molar-refractivity contribution in [3.8, 4) is 0 Å². The van der Waals surface area contributed by atoms with Gasteiger partial charge in [0.05, 0.1) is 12.5 Å². The molecule has 4 bridgehead atoms. The molecule has 4 aliphatic carbocycles. The summed E-state index contributed by atoms with van der Waals surface area (Å²) < 4.78 is 10.4. The molecule has 0 radical (unpaired) electrons. The Morgan fingerprint density at radius 2 is 1.56 bits per heavy atom. The van der Waals surface area contributed by atoms with E-state index in [0.717, 1.165) is 19.3 Å². The third-order valence-corrected chi connectivity index (χ3v) is 8.00. The van der Waals surface area contributed by atoms with Gasteiger partial charge in [-0.15, -0.1) is 0 Å². The van der Waals surface area contributed by atoms with Crippen LogP contribution in [0.5, 0.6) is 0 Å². The number of ether oxygens (including phenoxy) is 2. The minimum atomic E-state index is -0.918. The van der Waals surface area contributed by atoms with Crippen LogP contribution < -0.4 is 5.32 Å². The van der Waals surface area contributed by atoms with Gasteiger partial charge in [-0.25, -0.2) is 0 Å². The molecule has 5 aliphatic rings. The van der Waals surface area contributed by atoms with Crippen LogP contribution in [0.4, 0.5) is 0 Å². The van der Waals surface area contributed by atoms with Crippen LogP contribution in [-0.4, -0.2) is 61.0 Å². The van der Waals surface area contributed by atoms with Crippen LogP contribution in [0.2, 0.25) is 0 Å². The van der Waals surface area contributed by atoms with Crippen molar-refractivity contribution in [2.75, 3.05) is 26.2 Å². The quantitative estimate of drug-likeness (QED) is 0.598. The molecule has 5 fully saturated rings. The molecule has 1 aliphatic heterocycles. The normalized spacial score (nSPS) is 32.3. The summed E-state index contributed by atoms with van der Waals surface area (Å²) in [5, 5.41) is 2.80. The Morgan fingerprint density at radius 3 is 2.09 bits per heavy atom. The van der Waals surface area contributed by atoms with Gasteiger partial charge in [0.2, 0.25) is 5.91 Å². The highest BCUT2D eigenvalue weighted by atomic mass is 16.5. The van der Waals surface area contributed by atoms with E-state index in [1.54, 1.807) is 18.7 Å². The summed E-state index contributed by atoms with van der Waals surface area (Å²) in [6.07, 6.45) is 6.77. The first-order valence-electron chi connectivity index (χ1n) is 12.2. The van der Waals surface area contributed by atoms with Gasteiger partial charge in [0.15, 0.2) is 6.10 Å². The molecule has 8 heteroatoms. The smallest absolute Gasteiger partial charge is 0.326 e. The SMILES string of the molecule is CCOC(=O)C1CCN(C(=O)C(C)OC(=O)CNC(=O)C23CC4CC(CC(C4)C2)C3)CC1. The average molecular weight is 449 g/mol. The number of piperidine rings is 1. The van der Waals surface area contributed by atoms with E-state index >= 15 is 0 Å². The van der Waals surface area contributed by atoms with Gasteiger partial charge in [-0.05, 0) is 83.0 Å². The molecular formula is C24H36N2O6. The molecule has 0 aromatic heterocycles. The number of carbonyl (C=O) groups excluding carboxylic acids is 4. The lowest BCUT2D eigenvalue weighted by molar-refractivity contribution is -0.161. The Labute approximate surface area is 189 Å². The third kappa shape index (κ3) is 4.79. The van der Waals surface area contributed by atoms with Crippen molar-refractivity contribution in [3.05, 3.63) is 0 Å². The van der Waals surface area contributed by atoms with E-state index in [2.05, 4.69) is 5.32 Å². The number of hydrogen-bond donors (Lipinski definition) is 1. The summed E-state index contributed by atoms with van der Waals surface area (Å²) in [7, 11) is 0. The second-order valence-corrected chi connectivity index (χ2v) is 10.4. The Bertz CT molecular complexity index is 722. The van der Waals surface area contributed by atoms with Crippen molar-refractivity contribution >= 4 is 23.8 Å². The fourth-order valence-electron chi connectivity index (χ4n) is 6.87. The number of esters is 2. The van der Waals surface area contributed by atoms with Crippen molar-refractivity contribution in [1.82, 2.24) is 10.2 Å². The third-order valence-electron chi connectivity index (χ3n) is 8.00. The van der Waals surface area contributed by atoms with Gasteiger partial charge in [-0.1, -0.05) is 0 Å². The number of amides is 2. The maximum absolute atomic E-state index is 13.0. The van der Waals surface area contributed by atoms with Gasteiger partial charge < -0.3 is 19.7 Å². The molecule has 5 rings (SSSR count). The molecule has 1 unspecified atom stereocenters. The predicted octanol–water partition coefficient (Wildman–Crippen LogP) is 2.05. The average Bonchev–Trinajstić information content (AvgIpc) is 2.76. The van der Waals surface area contributed by atoms with E-state index in [9.17, 15) is 19.2 Å². The zero-order valence-corrected chi connectivity index (χ0v) is 19.3. The van der Waals surface area contributed by atoms with E-state index < -0.39 is 12.1 Å². The number of likely N-dealkylation sites (tertiary alicyclic amines) is 1. The molecule has 1 saturated heterocycles. The number of nitrogens with zero attached hydrogens (tertiary/aromatic N) is 1. The van der Waals surface area contributed by atoms with Crippen molar-refractivity contribution in [2.45, 2.75) is 71.3 Å². The van der Waals surface area contributed by atoms with Crippen LogP contribution in [0.1, 0.15) is 65.2 Å². The fraction of sp³-hybridized carbons (Fsp3) is 0.833. The summed E-state index contributed by atoms with van der Waals surface area (Å²) in [5.74, 6) is 0.691. The second-order valence-electron chi connectivity index (χ2n) is 10.4. The fourth-order valence-corrected chi connectivity index (χ4v) is 6.87. The monoisotopic (exact) mass is 448 g/mol. The van der Waals surface area contributed by atoms with E-state index in [4.69, 9.17) is 9.47 Å². The molecule has 0 aromatic rings. The highest BCUT2D eigenvalue weighted by Crippen LogP contribution is 2.60. The highest BCUT2D eigenvalue weighted by molar-refractivity contribution is 5.88. The lowest BCUT2D eigenvalue weighted by Gasteiger charge is -2.55. The van der Waals surface area contributed by atoms with Gasteiger partial charge in [0.25, 0.3) is 5.91 Å². The Balaban J connectivity index is 1.20. The van der Waals surface area contributed by atoms with Crippen molar-refractivity contribution in [2.24, 2.45) is 29.1 Å². The van der Waals surface area contributed by atoms with Crippen LogP contribution in [-0.2, 0) is 28.7 Å². The number of carbonyl (C=O) groups is 4. The van der Waals surface area contributed by atoms with Gasteiger partial charge in [-0.2, -0.15) is 0 Å². The Kier molecular flexibility index (Phi) is 6.77. The first-order valence-corrected chi connectivity index (χ1v) is 12.2. The Hall–Kier alpha value is -2.12. The largest absolute Gasteiger partial charge is 0.466 e. The van der Waals surface area contributed by atoms with Crippen molar-refractivity contribution in [1.29, 1.82) is 0 Å². The van der Waals surface area contributed by atoms with Gasteiger partial charge in [0, 0.05) is 18.5 Å². The van der Waals surface area contributed by atoms with Crippen LogP contribution in [0, 0.1) is 29.1 Å². The van der Waals surface area contributed by atoms with Crippen molar-refractivity contribution in [3.63, 3.8) is 0 Å². The van der Waals surface area contributed by atoms with Crippen LogP contribution >= 0.6 is 0 Å². The lowest BCUT2D eigenvalue weighted by atomic mass is 9.49. The maximum Gasteiger partial charge on any atom is 0.326 e. The molecule has 1 heterocycles. The molecule has 4 saturated carbocycles. The van der Waals surface area contributed by atoms with Crippen molar-refractivity contribution < 1.29 is 28.7 Å². The maximum atomic E-state index is 13.0. The molecule has 0 spiro atoms. The Morgan fingerprint density at radius 1 is 1.00 bits per heavy atom. The second kappa shape index (κ2) is 9.40. The summed E-state index contributed by atoms with van der Waals surface area (Å²) in [6.45, 7) is 4.35. The van der Waals surface area contributed by atoms with Gasteiger partial charge in [-0.3, -0.25) is 19.2 Å². The van der Waals surface area contributed by atoms with Crippen LogP contribution in [0.25, 0.3) is 0 Å². The number of nitrogens with one attached hydrogen (secondary N) is 1. The first-order chi connectivity index (χ1) is 15.3. The van der Waals surface area contributed by atoms with Crippen LogP contribution in [0.15, 0.2) is 0 Å². The molecule has 1 N–H and O–H groups in total. The van der Waals surface area contributed by atoms with E-state index in [1.165, 1.54) is 19.3 Å². The summed E-state index contributed by atoms with van der Waals surface area (Å²) in [5.41, 5.74) is -0.306. The molecule has 1 atom stereocenters. The van der Waals surface area contributed by atoms with Crippen LogP contribution in [0.3, 0.4) is 0 Å². The standard InChI is InChI=1S/C24H36N2O6/c1-3-31-22(29)19-4-6-26(7-5-19)21(28)15(2)32-20(27)14-25-23(30)24-11-16-8-17(12-24)10-18(9-16)13-24/h15-19H,3-14H2,1-2H3,(H,25,30). The molecule has 8 nitrogen and oxygen atoms in total. The molecule has 32 heavy (non-hydrogen) atoms. The number of rotatable bonds is 7.